The average Bonchev–Trinajstić information content (AvgIpc) is 2.31. The molecule has 0 saturated carbocycles. The Labute approximate surface area is 61.2 Å². The van der Waals surface area contributed by atoms with Gasteiger partial charge in [0, 0.05) is 0 Å². The number of aryl methyl sites for hydroxylation is 1. The van der Waals surface area contributed by atoms with Crippen LogP contribution in [-0.2, 0) is 6.54 Å². The van der Waals surface area contributed by atoms with E-state index in [2.05, 4.69) is 12.2 Å². The maximum atomic E-state index is 5.32. The Balaban J connectivity index is 2.42. The fourth-order valence-electron chi connectivity index (χ4n) is 0.828. The largest absolute Gasteiger partial charge is 0.465 e. The molecule has 1 rings (SSSR count). The van der Waals surface area contributed by atoms with Gasteiger partial charge in [-0.15, -0.1) is 0 Å². The zero-order valence-corrected chi connectivity index (χ0v) is 6.48. The van der Waals surface area contributed by atoms with Crippen LogP contribution in [0.25, 0.3) is 0 Å². The van der Waals surface area contributed by atoms with Crippen LogP contribution in [0.5, 0.6) is 0 Å². The van der Waals surface area contributed by atoms with Gasteiger partial charge in [0.15, 0.2) is 0 Å². The monoisotopic (exact) mass is 139 g/mol. The molecule has 0 spiro atoms. The second kappa shape index (κ2) is 3.42. The van der Waals surface area contributed by atoms with Crippen molar-refractivity contribution in [3.63, 3.8) is 0 Å². The minimum atomic E-state index is 0.838. The Morgan fingerprint density at radius 1 is 1.50 bits per heavy atom. The summed E-state index contributed by atoms with van der Waals surface area (Å²) < 4.78 is 5.32. The van der Waals surface area contributed by atoms with E-state index in [1.807, 2.05) is 19.1 Å². The normalized spacial score (nSPS) is 10.2. The van der Waals surface area contributed by atoms with Crippen LogP contribution in [0.3, 0.4) is 0 Å². The summed E-state index contributed by atoms with van der Waals surface area (Å²) in [6, 6.07) is 3.98. The van der Waals surface area contributed by atoms with Crippen LogP contribution in [0, 0.1) is 6.92 Å². The fourth-order valence-corrected chi connectivity index (χ4v) is 0.828. The first kappa shape index (κ1) is 7.35. The van der Waals surface area contributed by atoms with Gasteiger partial charge in [0.1, 0.15) is 11.5 Å². The van der Waals surface area contributed by atoms with Gasteiger partial charge in [-0.05, 0) is 25.6 Å². The summed E-state index contributed by atoms with van der Waals surface area (Å²) >= 11 is 0. The second-order valence-electron chi connectivity index (χ2n) is 2.29. The maximum Gasteiger partial charge on any atom is 0.117 e. The molecule has 1 heterocycles. The Kier molecular flexibility index (Phi) is 2.51. The quantitative estimate of drug-likeness (QED) is 0.689. The molecule has 0 atom stereocenters. The fraction of sp³-hybridized carbons (Fsp3) is 0.500. The van der Waals surface area contributed by atoms with Gasteiger partial charge in [0.25, 0.3) is 0 Å². The lowest BCUT2D eigenvalue weighted by atomic mass is 10.4. The average molecular weight is 139 g/mol. The molecule has 0 radical (unpaired) electrons. The van der Waals surface area contributed by atoms with Crippen LogP contribution in [0.4, 0.5) is 0 Å². The van der Waals surface area contributed by atoms with Crippen molar-refractivity contribution < 1.29 is 4.42 Å². The van der Waals surface area contributed by atoms with E-state index in [-0.39, 0.29) is 0 Å². The second-order valence-corrected chi connectivity index (χ2v) is 2.29. The van der Waals surface area contributed by atoms with Crippen molar-refractivity contribution in [1.82, 2.24) is 5.32 Å². The number of rotatable bonds is 3. The third kappa shape index (κ3) is 1.88. The van der Waals surface area contributed by atoms with E-state index in [0.717, 1.165) is 24.6 Å². The van der Waals surface area contributed by atoms with Gasteiger partial charge in [-0.1, -0.05) is 6.92 Å². The van der Waals surface area contributed by atoms with Crippen molar-refractivity contribution >= 4 is 0 Å². The summed E-state index contributed by atoms with van der Waals surface area (Å²) in [6.07, 6.45) is 0. The lowest BCUT2D eigenvalue weighted by Crippen LogP contribution is -2.10. The lowest BCUT2D eigenvalue weighted by Gasteiger charge is -1.95. The first-order chi connectivity index (χ1) is 4.83. The van der Waals surface area contributed by atoms with Gasteiger partial charge in [-0.25, -0.2) is 0 Å². The molecule has 0 aliphatic heterocycles. The number of nitrogens with one attached hydrogen (secondary N) is 1. The molecule has 0 aliphatic carbocycles. The maximum absolute atomic E-state index is 5.32. The van der Waals surface area contributed by atoms with E-state index in [9.17, 15) is 0 Å². The molecule has 2 nitrogen and oxygen atoms in total. The summed E-state index contributed by atoms with van der Waals surface area (Å²) in [5.74, 6) is 1.99. The molecule has 0 bridgehead atoms. The molecule has 1 N–H and O–H groups in total. The predicted molar refractivity (Wildman–Crippen MR) is 40.8 cm³/mol. The van der Waals surface area contributed by atoms with Gasteiger partial charge in [-0.2, -0.15) is 0 Å². The van der Waals surface area contributed by atoms with Crippen LogP contribution in [0.1, 0.15) is 18.4 Å². The first-order valence-electron chi connectivity index (χ1n) is 3.59. The summed E-state index contributed by atoms with van der Waals surface area (Å²) in [4.78, 5) is 0. The summed E-state index contributed by atoms with van der Waals surface area (Å²) in [6.45, 7) is 5.86. The standard InChI is InChI=1S/C8H13NO/c1-3-9-6-8-5-4-7(2)10-8/h4-5,9H,3,6H2,1-2H3. The molecular weight excluding hydrogens is 126 g/mol. The zero-order valence-electron chi connectivity index (χ0n) is 6.48. The molecule has 0 fully saturated rings. The third-order valence-corrected chi connectivity index (χ3v) is 1.35. The highest BCUT2D eigenvalue weighted by Crippen LogP contribution is 2.04. The summed E-state index contributed by atoms with van der Waals surface area (Å²) in [5, 5.41) is 3.18. The molecular formula is C8H13NO. The molecule has 0 aromatic carbocycles. The number of hydrogen-bond acceptors (Lipinski definition) is 2. The minimum Gasteiger partial charge on any atom is -0.465 e. The molecule has 0 amide bonds. The van der Waals surface area contributed by atoms with Crippen LogP contribution >= 0.6 is 0 Å². The summed E-state index contributed by atoms with van der Waals surface area (Å²) in [7, 11) is 0. The number of hydrogen-bond donors (Lipinski definition) is 1. The predicted octanol–water partition coefficient (Wildman–Crippen LogP) is 1.70. The highest BCUT2D eigenvalue weighted by atomic mass is 16.3. The SMILES string of the molecule is CCNCc1ccc(C)o1. The van der Waals surface area contributed by atoms with Crippen LogP contribution in [-0.4, -0.2) is 6.54 Å². The Bertz CT molecular complexity index is 193. The molecule has 0 saturated heterocycles. The molecule has 1 aromatic heterocycles. The van der Waals surface area contributed by atoms with Crippen molar-refractivity contribution in [2.75, 3.05) is 6.54 Å². The van der Waals surface area contributed by atoms with Gasteiger partial charge < -0.3 is 9.73 Å². The highest BCUT2D eigenvalue weighted by molar-refractivity contribution is 5.04. The van der Waals surface area contributed by atoms with Gasteiger partial charge in [0.05, 0.1) is 6.54 Å². The smallest absolute Gasteiger partial charge is 0.117 e. The highest BCUT2D eigenvalue weighted by Gasteiger charge is 1.94. The molecule has 2 heteroatoms. The van der Waals surface area contributed by atoms with Crippen LogP contribution in [0.15, 0.2) is 16.5 Å². The Morgan fingerprint density at radius 2 is 2.30 bits per heavy atom. The van der Waals surface area contributed by atoms with E-state index in [1.54, 1.807) is 0 Å². The van der Waals surface area contributed by atoms with E-state index >= 15 is 0 Å². The van der Waals surface area contributed by atoms with Crippen molar-refractivity contribution in [2.24, 2.45) is 0 Å². The topological polar surface area (TPSA) is 25.2 Å². The molecule has 56 valence electrons. The molecule has 1 aromatic rings. The molecule has 10 heavy (non-hydrogen) atoms. The molecule has 0 unspecified atom stereocenters. The Hall–Kier alpha value is -0.760. The first-order valence-corrected chi connectivity index (χ1v) is 3.59. The lowest BCUT2D eigenvalue weighted by molar-refractivity contribution is 0.465. The van der Waals surface area contributed by atoms with Gasteiger partial charge in [0.2, 0.25) is 0 Å². The van der Waals surface area contributed by atoms with Crippen molar-refractivity contribution in [3.8, 4) is 0 Å². The van der Waals surface area contributed by atoms with E-state index in [1.165, 1.54) is 0 Å². The molecule has 0 aliphatic rings. The van der Waals surface area contributed by atoms with Crippen molar-refractivity contribution in [2.45, 2.75) is 20.4 Å². The van der Waals surface area contributed by atoms with E-state index < -0.39 is 0 Å². The zero-order chi connectivity index (χ0) is 7.40. The Morgan fingerprint density at radius 3 is 2.80 bits per heavy atom. The van der Waals surface area contributed by atoms with E-state index in [0.29, 0.717) is 0 Å². The van der Waals surface area contributed by atoms with Crippen LogP contribution in [0.2, 0.25) is 0 Å². The van der Waals surface area contributed by atoms with Crippen LogP contribution < -0.4 is 5.32 Å². The summed E-state index contributed by atoms with van der Waals surface area (Å²) in [5.41, 5.74) is 0. The van der Waals surface area contributed by atoms with Gasteiger partial charge >= 0.3 is 0 Å². The minimum absolute atomic E-state index is 0.838. The third-order valence-electron chi connectivity index (χ3n) is 1.35. The van der Waals surface area contributed by atoms with Gasteiger partial charge in [-0.3, -0.25) is 0 Å². The van der Waals surface area contributed by atoms with Crippen molar-refractivity contribution in [1.29, 1.82) is 0 Å². The van der Waals surface area contributed by atoms with Crippen molar-refractivity contribution in [3.05, 3.63) is 23.7 Å². The number of furan rings is 1. The van der Waals surface area contributed by atoms with E-state index in [4.69, 9.17) is 4.42 Å².